The molecule has 0 bridgehead atoms. The Hall–Kier alpha value is -3.38. The molecule has 2 amide bonds. The highest BCUT2D eigenvalue weighted by molar-refractivity contribution is 7.12. The van der Waals surface area contributed by atoms with Gasteiger partial charge in [-0.25, -0.2) is 0 Å². The van der Waals surface area contributed by atoms with Gasteiger partial charge in [0.15, 0.2) is 5.76 Å². The van der Waals surface area contributed by atoms with E-state index in [-0.39, 0.29) is 17.6 Å². The molecule has 0 atom stereocenters. The molecule has 2 N–H and O–H groups in total. The van der Waals surface area contributed by atoms with Crippen LogP contribution < -0.4 is 10.6 Å². The number of para-hydroxylation sites is 1. The van der Waals surface area contributed by atoms with Crippen molar-refractivity contribution >= 4 is 45.5 Å². The van der Waals surface area contributed by atoms with E-state index in [1.54, 1.807) is 36.4 Å². The highest BCUT2D eigenvalue weighted by atomic mass is 32.1. The third kappa shape index (κ3) is 3.36. The molecule has 0 fully saturated rings. The predicted molar refractivity (Wildman–Crippen MR) is 103 cm³/mol. The van der Waals surface area contributed by atoms with Crippen LogP contribution in [0.1, 0.15) is 20.2 Å². The van der Waals surface area contributed by atoms with Crippen molar-refractivity contribution < 1.29 is 14.0 Å². The molecular formula is C20H14N2O3S. The van der Waals surface area contributed by atoms with Gasteiger partial charge in [-0.05, 0) is 47.8 Å². The van der Waals surface area contributed by atoms with E-state index in [4.69, 9.17) is 4.42 Å². The molecule has 4 rings (SSSR count). The van der Waals surface area contributed by atoms with Gasteiger partial charge in [-0.3, -0.25) is 9.59 Å². The third-order valence-corrected chi connectivity index (χ3v) is 4.66. The monoisotopic (exact) mass is 362 g/mol. The van der Waals surface area contributed by atoms with Crippen LogP contribution in [0.25, 0.3) is 11.0 Å². The number of anilines is 2. The summed E-state index contributed by atoms with van der Waals surface area (Å²) >= 11 is 1.38. The van der Waals surface area contributed by atoms with Crippen LogP contribution in [0.5, 0.6) is 0 Å². The van der Waals surface area contributed by atoms with Crippen molar-refractivity contribution in [2.24, 2.45) is 0 Å². The van der Waals surface area contributed by atoms with Gasteiger partial charge in [0.05, 0.1) is 4.88 Å². The number of fused-ring (bicyclic) bond motifs is 1. The van der Waals surface area contributed by atoms with Gasteiger partial charge in [-0.15, -0.1) is 11.3 Å². The normalized spacial score (nSPS) is 10.6. The van der Waals surface area contributed by atoms with Crippen molar-refractivity contribution in [2.75, 3.05) is 10.6 Å². The van der Waals surface area contributed by atoms with Gasteiger partial charge >= 0.3 is 0 Å². The highest BCUT2D eigenvalue weighted by Crippen LogP contribution is 2.21. The number of benzene rings is 2. The molecule has 0 radical (unpaired) electrons. The van der Waals surface area contributed by atoms with Crippen LogP contribution in [-0.2, 0) is 0 Å². The first kappa shape index (κ1) is 16.1. The Bertz CT molecular complexity index is 1030. The summed E-state index contributed by atoms with van der Waals surface area (Å²) in [4.78, 5) is 25.0. The fourth-order valence-electron chi connectivity index (χ4n) is 2.52. The summed E-state index contributed by atoms with van der Waals surface area (Å²) in [6, 6.07) is 19.7. The van der Waals surface area contributed by atoms with Gasteiger partial charge in [0.2, 0.25) is 0 Å². The predicted octanol–water partition coefficient (Wildman–Crippen LogP) is 5.00. The number of amides is 2. The van der Waals surface area contributed by atoms with E-state index in [0.29, 0.717) is 21.8 Å². The molecule has 5 nitrogen and oxygen atoms in total. The minimum Gasteiger partial charge on any atom is -0.451 e. The zero-order chi connectivity index (χ0) is 17.9. The van der Waals surface area contributed by atoms with E-state index in [1.165, 1.54) is 11.3 Å². The summed E-state index contributed by atoms with van der Waals surface area (Å²) in [6.45, 7) is 0. The van der Waals surface area contributed by atoms with E-state index in [2.05, 4.69) is 10.6 Å². The lowest BCUT2D eigenvalue weighted by Crippen LogP contribution is -2.12. The van der Waals surface area contributed by atoms with Crippen LogP contribution in [0, 0.1) is 0 Å². The molecule has 4 aromatic rings. The minimum atomic E-state index is -0.323. The summed E-state index contributed by atoms with van der Waals surface area (Å²) in [6.07, 6.45) is 0. The second kappa shape index (κ2) is 6.85. The number of carbonyl (C=O) groups excluding carboxylic acids is 2. The third-order valence-electron chi connectivity index (χ3n) is 3.79. The Labute approximate surface area is 153 Å². The molecule has 0 saturated carbocycles. The van der Waals surface area contributed by atoms with Crippen LogP contribution in [0.15, 0.2) is 76.5 Å². The number of carbonyl (C=O) groups is 2. The van der Waals surface area contributed by atoms with E-state index in [0.717, 1.165) is 5.39 Å². The zero-order valence-corrected chi connectivity index (χ0v) is 14.4. The summed E-state index contributed by atoms with van der Waals surface area (Å²) in [7, 11) is 0. The van der Waals surface area contributed by atoms with Gasteiger partial charge in [-0.2, -0.15) is 0 Å². The van der Waals surface area contributed by atoms with Crippen LogP contribution in [0.3, 0.4) is 0 Å². The van der Waals surface area contributed by atoms with E-state index in [1.807, 2.05) is 35.7 Å². The van der Waals surface area contributed by atoms with Crippen LogP contribution in [0.2, 0.25) is 0 Å². The van der Waals surface area contributed by atoms with Crippen LogP contribution in [-0.4, -0.2) is 11.8 Å². The topological polar surface area (TPSA) is 71.3 Å². The largest absolute Gasteiger partial charge is 0.451 e. The Kier molecular flexibility index (Phi) is 4.25. The van der Waals surface area contributed by atoms with Crippen LogP contribution in [0.4, 0.5) is 11.4 Å². The van der Waals surface area contributed by atoms with E-state index in [9.17, 15) is 9.59 Å². The van der Waals surface area contributed by atoms with Crippen molar-refractivity contribution in [1.82, 2.24) is 0 Å². The Morgan fingerprint density at radius 1 is 0.808 bits per heavy atom. The highest BCUT2D eigenvalue weighted by Gasteiger charge is 2.12. The summed E-state index contributed by atoms with van der Waals surface area (Å²) < 4.78 is 5.55. The number of hydrogen-bond donors (Lipinski definition) is 2. The number of furan rings is 1. The Morgan fingerprint density at radius 2 is 1.50 bits per heavy atom. The second-order valence-electron chi connectivity index (χ2n) is 5.61. The molecule has 2 aromatic carbocycles. The first-order valence-electron chi connectivity index (χ1n) is 7.94. The molecular weight excluding hydrogens is 348 g/mol. The fourth-order valence-corrected chi connectivity index (χ4v) is 3.14. The van der Waals surface area contributed by atoms with E-state index >= 15 is 0 Å². The maximum atomic E-state index is 12.3. The lowest BCUT2D eigenvalue weighted by Gasteiger charge is -2.06. The Balaban J connectivity index is 1.43. The number of rotatable bonds is 4. The lowest BCUT2D eigenvalue weighted by molar-refractivity contribution is 0.0996. The zero-order valence-electron chi connectivity index (χ0n) is 13.6. The first-order chi connectivity index (χ1) is 12.7. The maximum Gasteiger partial charge on any atom is 0.291 e. The molecule has 2 heterocycles. The molecule has 128 valence electrons. The average molecular weight is 362 g/mol. The minimum absolute atomic E-state index is 0.154. The van der Waals surface area contributed by atoms with Gasteiger partial charge < -0.3 is 15.1 Å². The standard InChI is InChI=1S/C20H14N2O3S/c23-19(17-12-13-4-1-2-5-16(13)25-17)21-14-7-9-15(10-8-14)22-20(24)18-6-3-11-26-18/h1-12H,(H,21,23)(H,22,24). The van der Waals surface area contributed by atoms with Crippen molar-refractivity contribution in [2.45, 2.75) is 0 Å². The molecule has 26 heavy (non-hydrogen) atoms. The SMILES string of the molecule is O=C(Nc1ccc(NC(=O)c2cccs2)cc1)c1cc2ccccc2o1. The average Bonchev–Trinajstić information content (AvgIpc) is 3.33. The molecule has 2 aromatic heterocycles. The first-order valence-corrected chi connectivity index (χ1v) is 8.82. The summed E-state index contributed by atoms with van der Waals surface area (Å²) in [5, 5.41) is 8.33. The molecule has 0 spiro atoms. The van der Waals surface area contributed by atoms with Crippen molar-refractivity contribution in [3.05, 3.63) is 82.7 Å². The molecule has 0 aliphatic rings. The number of thiophene rings is 1. The maximum absolute atomic E-state index is 12.3. The number of nitrogens with one attached hydrogen (secondary N) is 2. The van der Waals surface area contributed by atoms with E-state index < -0.39 is 0 Å². The van der Waals surface area contributed by atoms with Crippen LogP contribution >= 0.6 is 11.3 Å². The van der Waals surface area contributed by atoms with Crippen molar-refractivity contribution in [1.29, 1.82) is 0 Å². The fraction of sp³-hybridized carbons (Fsp3) is 0. The van der Waals surface area contributed by atoms with Gasteiger partial charge in [0.1, 0.15) is 5.58 Å². The summed E-state index contributed by atoms with van der Waals surface area (Å²) in [5.41, 5.74) is 1.94. The second-order valence-corrected chi connectivity index (χ2v) is 6.56. The van der Waals surface area contributed by atoms with Crippen molar-refractivity contribution in [3.63, 3.8) is 0 Å². The molecule has 0 aliphatic carbocycles. The Morgan fingerprint density at radius 3 is 2.15 bits per heavy atom. The lowest BCUT2D eigenvalue weighted by atomic mass is 10.2. The number of hydrogen-bond acceptors (Lipinski definition) is 4. The molecule has 0 unspecified atom stereocenters. The molecule has 0 aliphatic heterocycles. The van der Waals surface area contributed by atoms with Gasteiger partial charge in [-0.1, -0.05) is 24.3 Å². The van der Waals surface area contributed by atoms with Gasteiger partial charge in [0, 0.05) is 16.8 Å². The molecule has 6 heteroatoms. The van der Waals surface area contributed by atoms with Gasteiger partial charge in [0.25, 0.3) is 11.8 Å². The molecule has 0 saturated heterocycles. The summed E-state index contributed by atoms with van der Waals surface area (Å²) in [5.74, 6) is -0.225. The smallest absolute Gasteiger partial charge is 0.291 e. The quantitative estimate of drug-likeness (QED) is 0.537. The van der Waals surface area contributed by atoms with Crippen molar-refractivity contribution in [3.8, 4) is 0 Å².